The Hall–Kier alpha value is -1.30. The lowest BCUT2D eigenvalue weighted by Crippen LogP contribution is -2.42. The van der Waals surface area contributed by atoms with Crippen molar-refractivity contribution >= 4 is 0 Å². The van der Waals surface area contributed by atoms with E-state index < -0.39 is 18.3 Å². The Morgan fingerprint density at radius 3 is 1.89 bits per heavy atom. The zero-order valence-corrected chi connectivity index (χ0v) is 11.9. The SMILES string of the molecule is C=CCO[C@@H](C(O)=C(C)C)[C@@H](O)[C@H](O)C(O)=C(C)C. The topological polar surface area (TPSA) is 90.2 Å². The molecule has 110 valence electrons. The molecule has 0 spiro atoms. The molecule has 5 heteroatoms. The smallest absolute Gasteiger partial charge is 0.143 e. The molecular weight excluding hydrogens is 248 g/mol. The van der Waals surface area contributed by atoms with E-state index in [-0.39, 0.29) is 18.1 Å². The summed E-state index contributed by atoms with van der Waals surface area (Å²) in [5, 5.41) is 39.5. The van der Waals surface area contributed by atoms with Crippen LogP contribution >= 0.6 is 0 Å². The van der Waals surface area contributed by atoms with Gasteiger partial charge in [-0.15, -0.1) is 6.58 Å². The van der Waals surface area contributed by atoms with Crippen LogP contribution in [0.25, 0.3) is 0 Å². The molecular formula is C14H24O5. The summed E-state index contributed by atoms with van der Waals surface area (Å²) in [6.07, 6.45) is -2.67. The number of rotatable bonds is 7. The van der Waals surface area contributed by atoms with E-state index in [2.05, 4.69) is 6.58 Å². The zero-order chi connectivity index (χ0) is 15.2. The van der Waals surface area contributed by atoms with Crippen LogP contribution < -0.4 is 0 Å². The Morgan fingerprint density at radius 1 is 1.05 bits per heavy atom. The average Bonchev–Trinajstić information content (AvgIpc) is 2.36. The van der Waals surface area contributed by atoms with Gasteiger partial charge in [0.25, 0.3) is 0 Å². The largest absolute Gasteiger partial charge is 0.510 e. The van der Waals surface area contributed by atoms with Crippen molar-refractivity contribution in [2.75, 3.05) is 6.61 Å². The maximum atomic E-state index is 10.0. The molecule has 0 unspecified atom stereocenters. The van der Waals surface area contributed by atoms with Crippen molar-refractivity contribution in [2.24, 2.45) is 0 Å². The second kappa shape index (κ2) is 7.99. The minimum atomic E-state index is -1.53. The third-order valence-electron chi connectivity index (χ3n) is 2.60. The van der Waals surface area contributed by atoms with Gasteiger partial charge in [0.2, 0.25) is 0 Å². The first-order chi connectivity index (χ1) is 8.73. The van der Waals surface area contributed by atoms with E-state index >= 15 is 0 Å². The van der Waals surface area contributed by atoms with Crippen LogP contribution in [0, 0.1) is 0 Å². The van der Waals surface area contributed by atoms with Gasteiger partial charge in [0.15, 0.2) is 0 Å². The first-order valence-corrected chi connectivity index (χ1v) is 6.05. The fraction of sp³-hybridized carbons (Fsp3) is 0.571. The van der Waals surface area contributed by atoms with Crippen LogP contribution in [0.15, 0.2) is 35.3 Å². The maximum absolute atomic E-state index is 10.0. The van der Waals surface area contributed by atoms with Crippen molar-refractivity contribution < 1.29 is 25.2 Å². The number of aliphatic hydroxyl groups excluding tert-OH is 4. The van der Waals surface area contributed by atoms with Gasteiger partial charge in [0.1, 0.15) is 29.8 Å². The lowest BCUT2D eigenvalue weighted by atomic mass is 10.0. The predicted octanol–water partition coefficient (Wildman–Crippen LogP) is 1.98. The van der Waals surface area contributed by atoms with Crippen molar-refractivity contribution in [1.82, 2.24) is 0 Å². The van der Waals surface area contributed by atoms with Crippen LogP contribution in [0.1, 0.15) is 27.7 Å². The summed E-state index contributed by atoms with van der Waals surface area (Å²) in [5.41, 5.74) is 1.03. The third kappa shape index (κ3) is 5.06. The van der Waals surface area contributed by atoms with Gasteiger partial charge < -0.3 is 25.2 Å². The first-order valence-electron chi connectivity index (χ1n) is 6.05. The standard InChI is InChI=1S/C14H24O5/c1-6-7-19-14(11(16)9(4)5)13(18)12(17)10(15)8(2)3/h6,12-18H,1,7H2,2-5H3/t12-,13+,14+/m1/s1. The monoisotopic (exact) mass is 272 g/mol. The molecule has 0 aromatic heterocycles. The summed E-state index contributed by atoms with van der Waals surface area (Å²) < 4.78 is 5.26. The van der Waals surface area contributed by atoms with Crippen LogP contribution in [-0.2, 0) is 4.74 Å². The summed E-state index contributed by atoms with van der Waals surface area (Å²) in [6, 6.07) is 0. The molecule has 0 saturated heterocycles. The van der Waals surface area contributed by atoms with Crippen LogP contribution in [0.2, 0.25) is 0 Å². The molecule has 0 aromatic carbocycles. The van der Waals surface area contributed by atoms with Gasteiger partial charge in [-0.1, -0.05) is 6.08 Å². The van der Waals surface area contributed by atoms with Crippen LogP contribution in [0.4, 0.5) is 0 Å². The molecule has 0 fully saturated rings. The van der Waals surface area contributed by atoms with Crippen molar-refractivity contribution in [3.05, 3.63) is 35.3 Å². The lowest BCUT2D eigenvalue weighted by molar-refractivity contribution is -0.0800. The highest BCUT2D eigenvalue weighted by Crippen LogP contribution is 2.19. The Kier molecular flexibility index (Phi) is 7.44. The van der Waals surface area contributed by atoms with E-state index in [1.54, 1.807) is 27.7 Å². The second-order valence-corrected chi connectivity index (χ2v) is 4.75. The molecule has 5 nitrogen and oxygen atoms in total. The van der Waals surface area contributed by atoms with E-state index in [4.69, 9.17) is 4.74 Å². The lowest BCUT2D eigenvalue weighted by Gasteiger charge is -2.27. The van der Waals surface area contributed by atoms with Gasteiger partial charge in [0, 0.05) is 0 Å². The first kappa shape index (κ1) is 17.7. The Labute approximate surface area is 114 Å². The molecule has 0 rings (SSSR count). The highest BCUT2D eigenvalue weighted by Gasteiger charge is 2.33. The fourth-order valence-corrected chi connectivity index (χ4v) is 1.42. The molecule has 0 radical (unpaired) electrons. The zero-order valence-electron chi connectivity index (χ0n) is 11.9. The molecule has 0 aliphatic rings. The van der Waals surface area contributed by atoms with Gasteiger partial charge in [0.05, 0.1) is 6.61 Å². The molecule has 0 heterocycles. The molecule has 0 aliphatic carbocycles. The van der Waals surface area contributed by atoms with Gasteiger partial charge in [-0.3, -0.25) is 0 Å². The second-order valence-electron chi connectivity index (χ2n) is 4.75. The van der Waals surface area contributed by atoms with E-state index in [9.17, 15) is 20.4 Å². The molecule has 0 saturated carbocycles. The van der Waals surface area contributed by atoms with Crippen LogP contribution in [0.5, 0.6) is 0 Å². The average molecular weight is 272 g/mol. The number of aliphatic hydroxyl groups is 4. The van der Waals surface area contributed by atoms with E-state index in [1.165, 1.54) is 6.08 Å². The minimum absolute atomic E-state index is 0.0986. The van der Waals surface area contributed by atoms with E-state index in [0.29, 0.717) is 11.1 Å². The molecule has 19 heavy (non-hydrogen) atoms. The van der Waals surface area contributed by atoms with E-state index in [0.717, 1.165) is 0 Å². The Balaban J connectivity index is 5.22. The van der Waals surface area contributed by atoms with Crippen molar-refractivity contribution in [3.63, 3.8) is 0 Å². The van der Waals surface area contributed by atoms with Crippen molar-refractivity contribution in [1.29, 1.82) is 0 Å². The summed E-state index contributed by atoms with van der Waals surface area (Å²) in [6.45, 7) is 10.1. The highest BCUT2D eigenvalue weighted by atomic mass is 16.5. The summed E-state index contributed by atoms with van der Waals surface area (Å²) in [4.78, 5) is 0. The molecule has 0 amide bonds. The maximum Gasteiger partial charge on any atom is 0.143 e. The molecule has 3 atom stereocenters. The quantitative estimate of drug-likeness (QED) is 0.420. The van der Waals surface area contributed by atoms with Gasteiger partial charge in [-0.05, 0) is 38.8 Å². The van der Waals surface area contributed by atoms with E-state index in [1.807, 2.05) is 0 Å². The van der Waals surface area contributed by atoms with Gasteiger partial charge in [-0.2, -0.15) is 0 Å². The third-order valence-corrected chi connectivity index (χ3v) is 2.60. The Morgan fingerprint density at radius 2 is 1.53 bits per heavy atom. The minimum Gasteiger partial charge on any atom is -0.510 e. The molecule has 0 aromatic rings. The van der Waals surface area contributed by atoms with Gasteiger partial charge >= 0.3 is 0 Å². The van der Waals surface area contributed by atoms with Crippen molar-refractivity contribution in [3.8, 4) is 0 Å². The predicted molar refractivity (Wildman–Crippen MR) is 74.0 cm³/mol. The van der Waals surface area contributed by atoms with Gasteiger partial charge in [-0.25, -0.2) is 0 Å². The number of hydrogen-bond donors (Lipinski definition) is 4. The molecule has 4 N–H and O–H groups in total. The molecule has 0 aliphatic heterocycles. The summed E-state index contributed by atoms with van der Waals surface area (Å²) >= 11 is 0. The molecule has 0 bridgehead atoms. The number of hydrogen-bond acceptors (Lipinski definition) is 5. The summed E-state index contributed by atoms with van der Waals surface area (Å²) in [5.74, 6) is -0.504. The summed E-state index contributed by atoms with van der Waals surface area (Å²) in [7, 11) is 0. The normalized spacial score (nSPS) is 15.3. The van der Waals surface area contributed by atoms with Crippen LogP contribution in [0.3, 0.4) is 0 Å². The fourth-order valence-electron chi connectivity index (χ4n) is 1.42. The van der Waals surface area contributed by atoms with Crippen molar-refractivity contribution in [2.45, 2.75) is 46.0 Å². The van der Waals surface area contributed by atoms with Crippen LogP contribution in [-0.4, -0.2) is 45.3 Å². The highest BCUT2D eigenvalue weighted by molar-refractivity contribution is 5.15. The number of ether oxygens (including phenoxy) is 1. The Bertz CT molecular complexity index is 362. The number of allylic oxidation sites excluding steroid dienone is 2.